The molecule has 0 aliphatic heterocycles. The maximum Gasteiger partial charge on any atom is 0.371 e. The van der Waals surface area contributed by atoms with Crippen LogP contribution in [-0.4, -0.2) is 54.6 Å². The second-order valence-electron chi connectivity index (χ2n) is 5.08. The molecule has 0 fully saturated rings. The fraction of sp³-hybridized carbons (Fsp3) is 0.643. The van der Waals surface area contributed by atoms with E-state index in [-0.39, 0.29) is 5.76 Å². The zero-order valence-electron chi connectivity index (χ0n) is 12.3. The lowest BCUT2D eigenvalue weighted by molar-refractivity contribution is 0.0661. The van der Waals surface area contributed by atoms with E-state index in [0.717, 1.165) is 38.2 Å². The van der Waals surface area contributed by atoms with Gasteiger partial charge in [0.1, 0.15) is 5.76 Å². The summed E-state index contributed by atoms with van der Waals surface area (Å²) in [5.74, 6) is -0.287. The Bertz CT molecular complexity index is 413. The highest BCUT2D eigenvalue weighted by atomic mass is 16.4. The van der Waals surface area contributed by atoms with Gasteiger partial charge in [-0.15, -0.1) is 0 Å². The lowest BCUT2D eigenvalue weighted by atomic mass is 10.2. The van der Waals surface area contributed by atoms with Gasteiger partial charge in [-0.1, -0.05) is 6.92 Å². The Labute approximate surface area is 114 Å². The van der Waals surface area contributed by atoms with E-state index >= 15 is 0 Å². The summed E-state index contributed by atoms with van der Waals surface area (Å²) >= 11 is 0. The van der Waals surface area contributed by atoms with Crippen molar-refractivity contribution in [2.75, 3.05) is 33.7 Å². The number of furan rings is 1. The molecule has 0 aromatic carbocycles. The number of carbonyl (C=O) groups is 1. The van der Waals surface area contributed by atoms with Crippen molar-refractivity contribution in [2.24, 2.45) is 0 Å². The van der Waals surface area contributed by atoms with E-state index in [1.165, 1.54) is 0 Å². The van der Waals surface area contributed by atoms with Gasteiger partial charge in [-0.3, -0.25) is 4.90 Å². The molecule has 0 saturated heterocycles. The van der Waals surface area contributed by atoms with Gasteiger partial charge < -0.3 is 14.4 Å². The number of aromatic carboxylic acids is 1. The van der Waals surface area contributed by atoms with Gasteiger partial charge in [0.15, 0.2) is 0 Å². The molecule has 5 nitrogen and oxygen atoms in total. The second-order valence-corrected chi connectivity index (χ2v) is 5.08. The average molecular weight is 268 g/mol. The smallest absolute Gasteiger partial charge is 0.371 e. The summed E-state index contributed by atoms with van der Waals surface area (Å²) in [5.41, 5.74) is 0.963. The summed E-state index contributed by atoms with van der Waals surface area (Å²) in [6.45, 7) is 7.66. The predicted molar refractivity (Wildman–Crippen MR) is 74.5 cm³/mol. The van der Waals surface area contributed by atoms with E-state index in [1.54, 1.807) is 6.07 Å². The molecular formula is C14H24N2O3. The fourth-order valence-electron chi connectivity index (χ4n) is 1.95. The number of nitrogens with zero attached hydrogens (tertiary/aromatic N) is 2. The zero-order chi connectivity index (χ0) is 14.4. The topological polar surface area (TPSA) is 56.9 Å². The van der Waals surface area contributed by atoms with Crippen LogP contribution in [0.25, 0.3) is 0 Å². The van der Waals surface area contributed by atoms with Crippen LogP contribution in [0.2, 0.25) is 0 Å². The van der Waals surface area contributed by atoms with E-state index in [4.69, 9.17) is 9.52 Å². The van der Waals surface area contributed by atoms with Crippen LogP contribution in [0.3, 0.4) is 0 Å². The van der Waals surface area contributed by atoms with Gasteiger partial charge in [0, 0.05) is 25.2 Å². The molecule has 1 rings (SSSR count). The molecule has 1 aromatic heterocycles. The normalized spacial score (nSPS) is 11.5. The summed E-state index contributed by atoms with van der Waals surface area (Å²) in [6, 6.07) is 1.63. The zero-order valence-corrected chi connectivity index (χ0v) is 12.3. The van der Waals surface area contributed by atoms with E-state index in [9.17, 15) is 4.79 Å². The summed E-state index contributed by atoms with van der Waals surface area (Å²) in [6.07, 6.45) is 1.08. The summed E-state index contributed by atoms with van der Waals surface area (Å²) in [4.78, 5) is 15.3. The molecule has 1 N–H and O–H groups in total. The average Bonchev–Trinajstić information content (AvgIpc) is 2.68. The molecule has 1 aromatic rings. The van der Waals surface area contributed by atoms with Crippen molar-refractivity contribution >= 4 is 5.97 Å². The van der Waals surface area contributed by atoms with E-state index in [2.05, 4.69) is 30.8 Å². The van der Waals surface area contributed by atoms with Gasteiger partial charge in [0.05, 0.1) is 0 Å². The molecule has 0 spiro atoms. The van der Waals surface area contributed by atoms with Crippen LogP contribution >= 0.6 is 0 Å². The third kappa shape index (κ3) is 5.04. The van der Waals surface area contributed by atoms with E-state index < -0.39 is 5.97 Å². The first-order valence-electron chi connectivity index (χ1n) is 6.63. The molecule has 0 aliphatic carbocycles. The van der Waals surface area contributed by atoms with Crippen LogP contribution in [0.5, 0.6) is 0 Å². The second kappa shape index (κ2) is 7.31. The maximum atomic E-state index is 10.9. The van der Waals surface area contributed by atoms with Gasteiger partial charge in [0.2, 0.25) is 5.76 Å². The number of hydrogen-bond acceptors (Lipinski definition) is 4. The Morgan fingerprint density at radius 3 is 2.47 bits per heavy atom. The van der Waals surface area contributed by atoms with Gasteiger partial charge >= 0.3 is 5.97 Å². The van der Waals surface area contributed by atoms with Crippen molar-refractivity contribution in [1.29, 1.82) is 0 Å². The van der Waals surface area contributed by atoms with Crippen LogP contribution in [0.4, 0.5) is 0 Å². The van der Waals surface area contributed by atoms with Crippen LogP contribution in [0, 0.1) is 6.92 Å². The van der Waals surface area contributed by atoms with Gasteiger partial charge in [-0.2, -0.15) is 0 Å². The van der Waals surface area contributed by atoms with Gasteiger partial charge in [-0.25, -0.2) is 4.79 Å². The third-order valence-electron chi connectivity index (χ3n) is 3.03. The van der Waals surface area contributed by atoms with Crippen molar-refractivity contribution in [3.05, 3.63) is 23.2 Å². The summed E-state index contributed by atoms with van der Waals surface area (Å²) in [5, 5.41) is 8.92. The molecule has 0 amide bonds. The highest BCUT2D eigenvalue weighted by Gasteiger charge is 2.15. The Morgan fingerprint density at radius 1 is 1.32 bits per heavy atom. The first-order chi connectivity index (χ1) is 8.93. The molecule has 19 heavy (non-hydrogen) atoms. The molecular weight excluding hydrogens is 244 g/mol. The molecule has 0 unspecified atom stereocenters. The quantitative estimate of drug-likeness (QED) is 0.782. The Hall–Kier alpha value is -1.33. The fourth-order valence-corrected chi connectivity index (χ4v) is 1.95. The summed E-state index contributed by atoms with van der Waals surface area (Å²) in [7, 11) is 4.10. The number of carboxylic acid groups (broad SMARTS) is 1. The molecule has 1 heterocycles. The van der Waals surface area contributed by atoms with Crippen LogP contribution in [0.1, 0.15) is 35.2 Å². The largest absolute Gasteiger partial charge is 0.475 e. The maximum absolute atomic E-state index is 10.9. The minimum absolute atomic E-state index is 0.0246. The molecule has 108 valence electrons. The van der Waals surface area contributed by atoms with Crippen LogP contribution in [0.15, 0.2) is 10.5 Å². The van der Waals surface area contributed by atoms with Crippen molar-refractivity contribution < 1.29 is 14.3 Å². The first-order valence-corrected chi connectivity index (χ1v) is 6.63. The SMILES string of the molecule is CCCN(CCN(C)C)Cc1cc(C(=O)O)oc1C. The highest BCUT2D eigenvalue weighted by molar-refractivity contribution is 5.84. The lowest BCUT2D eigenvalue weighted by Crippen LogP contribution is -2.32. The van der Waals surface area contributed by atoms with Gasteiger partial charge in [-0.05, 0) is 40.1 Å². The standard InChI is InChI=1S/C14H24N2O3/c1-5-6-16(8-7-15(3)4)10-12-9-13(14(17)18)19-11(12)2/h9H,5-8,10H2,1-4H3,(H,17,18). The van der Waals surface area contributed by atoms with Crippen LogP contribution in [-0.2, 0) is 6.54 Å². The molecule has 0 radical (unpaired) electrons. The van der Waals surface area contributed by atoms with Crippen molar-refractivity contribution in [3.63, 3.8) is 0 Å². The minimum atomic E-state index is -1.01. The highest BCUT2D eigenvalue weighted by Crippen LogP contribution is 2.17. The van der Waals surface area contributed by atoms with E-state index in [1.807, 2.05) is 6.92 Å². The molecule has 0 aliphatic rings. The van der Waals surface area contributed by atoms with Crippen LogP contribution < -0.4 is 0 Å². The Kier molecular flexibility index (Phi) is 6.05. The van der Waals surface area contributed by atoms with E-state index in [0.29, 0.717) is 5.76 Å². The number of hydrogen-bond donors (Lipinski definition) is 1. The van der Waals surface area contributed by atoms with Gasteiger partial charge in [0.25, 0.3) is 0 Å². The Balaban J connectivity index is 2.69. The van der Waals surface area contributed by atoms with Crippen molar-refractivity contribution in [3.8, 4) is 0 Å². The monoisotopic (exact) mass is 268 g/mol. The number of likely N-dealkylation sites (N-methyl/N-ethyl adjacent to an activating group) is 1. The lowest BCUT2D eigenvalue weighted by Gasteiger charge is -2.23. The predicted octanol–water partition coefficient (Wildman–Crippen LogP) is 2.06. The Morgan fingerprint density at radius 2 is 2.00 bits per heavy atom. The summed E-state index contributed by atoms with van der Waals surface area (Å²) < 4.78 is 5.24. The molecule has 0 saturated carbocycles. The minimum Gasteiger partial charge on any atom is -0.475 e. The van der Waals surface area contributed by atoms with Crippen molar-refractivity contribution in [2.45, 2.75) is 26.8 Å². The molecule has 5 heteroatoms. The molecule has 0 bridgehead atoms. The number of rotatable bonds is 8. The number of aryl methyl sites for hydroxylation is 1. The molecule has 0 atom stereocenters. The first kappa shape index (κ1) is 15.7. The van der Waals surface area contributed by atoms with Crippen molar-refractivity contribution in [1.82, 2.24) is 9.80 Å². The third-order valence-corrected chi connectivity index (χ3v) is 3.03. The number of carboxylic acids is 1.